The minimum absolute atomic E-state index is 0.261. The van der Waals surface area contributed by atoms with Crippen LogP contribution in [-0.2, 0) is 4.79 Å². The standard InChI is InChI=1S/C14H14N4O3S/c19-12(18-7-3-4-10(18)13(20)21)9-8-22-14(16-9)17-11-5-1-2-6-15-11/h1-2,5-6,8,10H,3-4,7H2,(H,20,21)(H,15,16,17)/t10-/m1/s1. The average molecular weight is 318 g/mol. The van der Waals surface area contributed by atoms with Gasteiger partial charge in [0.2, 0.25) is 0 Å². The number of anilines is 2. The zero-order chi connectivity index (χ0) is 15.5. The first-order chi connectivity index (χ1) is 10.6. The summed E-state index contributed by atoms with van der Waals surface area (Å²) in [4.78, 5) is 33.3. The van der Waals surface area contributed by atoms with Crippen molar-refractivity contribution in [2.45, 2.75) is 18.9 Å². The van der Waals surface area contributed by atoms with E-state index in [0.717, 1.165) is 0 Å². The third kappa shape index (κ3) is 2.91. The van der Waals surface area contributed by atoms with Gasteiger partial charge in [0.05, 0.1) is 0 Å². The number of aromatic nitrogens is 2. The number of hydrogen-bond donors (Lipinski definition) is 2. The first kappa shape index (κ1) is 14.5. The van der Waals surface area contributed by atoms with Gasteiger partial charge in [-0.05, 0) is 25.0 Å². The van der Waals surface area contributed by atoms with E-state index >= 15 is 0 Å². The molecular weight excluding hydrogens is 304 g/mol. The molecule has 22 heavy (non-hydrogen) atoms. The summed E-state index contributed by atoms with van der Waals surface area (Å²) in [6.45, 7) is 0.455. The number of thiazole rings is 1. The first-order valence-corrected chi connectivity index (χ1v) is 7.70. The van der Waals surface area contributed by atoms with Crippen LogP contribution in [0.5, 0.6) is 0 Å². The van der Waals surface area contributed by atoms with Crippen LogP contribution in [0.15, 0.2) is 29.8 Å². The molecule has 1 amide bonds. The second-order valence-electron chi connectivity index (χ2n) is 4.87. The fourth-order valence-electron chi connectivity index (χ4n) is 2.39. The number of carbonyl (C=O) groups is 2. The summed E-state index contributed by atoms with van der Waals surface area (Å²) >= 11 is 1.28. The van der Waals surface area contributed by atoms with E-state index in [1.165, 1.54) is 16.2 Å². The van der Waals surface area contributed by atoms with Gasteiger partial charge in [-0.15, -0.1) is 11.3 Å². The van der Waals surface area contributed by atoms with Crippen molar-refractivity contribution in [3.05, 3.63) is 35.5 Å². The predicted molar refractivity (Wildman–Crippen MR) is 81.3 cm³/mol. The molecule has 3 rings (SSSR count). The summed E-state index contributed by atoms with van der Waals surface area (Å²) in [5.74, 6) is -0.663. The summed E-state index contributed by atoms with van der Waals surface area (Å²) in [5, 5.41) is 14.3. The Morgan fingerprint density at radius 3 is 3.00 bits per heavy atom. The number of nitrogens with one attached hydrogen (secondary N) is 1. The Balaban J connectivity index is 1.73. The molecule has 0 aliphatic carbocycles. The number of carboxylic acids is 1. The highest BCUT2D eigenvalue weighted by Crippen LogP contribution is 2.24. The Hall–Kier alpha value is -2.48. The van der Waals surface area contributed by atoms with E-state index in [1.54, 1.807) is 23.7 Å². The number of hydrogen-bond acceptors (Lipinski definition) is 6. The molecule has 8 heteroatoms. The maximum atomic E-state index is 12.4. The summed E-state index contributed by atoms with van der Waals surface area (Å²) in [6.07, 6.45) is 2.85. The van der Waals surface area contributed by atoms with Crippen molar-refractivity contribution in [3.63, 3.8) is 0 Å². The van der Waals surface area contributed by atoms with Gasteiger partial charge in [0.1, 0.15) is 17.6 Å². The molecule has 0 bridgehead atoms. The molecule has 0 saturated carbocycles. The largest absolute Gasteiger partial charge is 0.480 e. The van der Waals surface area contributed by atoms with Crippen LogP contribution >= 0.6 is 11.3 Å². The predicted octanol–water partition coefficient (Wildman–Crippen LogP) is 1.97. The Morgan fingerprint density at radius 1 is 1.41 bits per heavy atom. The van der Waals surface area contributed by atoms with Crippen molar-refractivity contribution in [1.82, 2.24) is 14.9 Å². The molecule has 1 saturated heterocycles. The Labute approximate surface area is 130 Å². The van der Waals surface area contributed by atoms with Crippen LogP contribution in [0.3, 0.4) is 0 Å². The molecule has 2 N–H and O–H groups in total. The van der Waals surface area contributed by atoms with Crippen molar-refractivity contribution < 1.29 is 14.7 Å². The van der Waals surface area contributed by atoms with E-state index in [2.05, 4.69) is 15.3 Å². The molecule has 7 nitrogen and oxygen atoms in total. The summed E-state index contributed by atoms with van der Waals surface area (Å²) < 4.78 is 0. The van der Waals surface area contributed by atoms with Gasteiger partial charge in [0.25, 0.3) is 5.91 Å². The summed E-state index contributed by atoms with van der Waals surface area (Å²) in [5.41, 5.74) is 0.261. The van der Waals surface area contributed by atoms with Crippen LogP contribution in [-0.4, -0.2) is 44.4 Å². The molecule has 2 aromatic heterocycles. The monoisotopic (exact) mass is 318 g/mol. The van der Waals surface area contributed by atoms with E-state index < -0.39 is 12.0 Å². The van der Waals surface area contributed by atoms with Gasteiger partial charge in [0.15, 0.2) is 5.13 Å². The zero-order valence-corrected chi connectivity index (χ0v) is 12.4. The SMILES string of the molecule is O=C(O)[C@H]1CCCN1C(=O)c1csc(Nc2ccccn2)n1. The van der Waals surface area contributed by atoms with E-state index in [1.807, 2.05) is 6.07 Å². The highest BCUT2D eigenvalue weighted by Gasteiger charge is 2.35. The summed E-state index contributed by atoms with van der Waals surface area (Å²) in [7, 11) is 0. The first-order valence-electron chi connectivity index (χ1n) is 6.82. The molecule has 1 aliphatic rings. The molecule has 0 spiro atoms. The molecule has 0 unspecified atom stereocenters. The minimum Gasteiger partial charge on any atom is -0.480 e. The molecular formula is C14H14N4O3S. The molecule has 1 aliphatic heterocycles. The fourth-order valence-corrected chi connectivity index (χ4v) is 3.08. The molecule has 2 aromatic rings. The number of pyridine rings is 1. The Morgan fingerprint density at radius 2 is 2.27 bits per heavy atom. The lowest BCUT2D eigenvalue weighted by Crippen LogP contribution is -2.40. The van der Waals surface area contributed by atoms with Crippen LogP contribution < -0.4 is 5.32 Å². The molecule has 0 aromatic carbocycles. The van der Waals surface area contributed by atoms with Crippen molar-refractivity contribution in [3.8, 4) is 0 Å². The molecule has 0 radical (unpaired) electrons. The quantitative estimate of drug-likeness (QED) is 0.895. The maximum absolute atomic E-state index is 12.4. The van der Waals surface area contributed by atoms with Crippen molar-refractivity contribution in [2.75, 3.05) is 11.9 Å². The van der Waals surface area contributed by atoms with Gasteiger partial charge in [0, 0.05) is 18.1 Å². The molecule has 1 atom stereocenters. The third-order valence-corrected chi connectivity index (χ3v) is 4.18. The van der Waals surface area contributed by atoms with E-state index in [9.17, 15) is 9.59 Å². The minimum atomic E-state index is -0.965. The van der Waals surface area contributed by atoms with E-state index in [-0.39, 0.29) is 11.6 Å². The van der Waals surface area contributed by atoms with Gasteiger partial charge in [-0.2, -0.15) is 0 Å². The number of carbonyl (C=O) groups excluding carboxylic acids is 1. The smallest absolute Gasteiger partial charge is 0.326 e. The molecule has 114 valence electrons. The van der Waals surface area contributed by atoms with Crippen LogP contribution in [0.1, 0.15) is 23.3 Å². The third-order valence-electron chi connectivity index (χ3n) is 3.42. The zero-order valence-electron chi connectivity index (χ0n) is 11.6. The number of amides is 1. The van der Waals surface area contributed by atoms with Gasteiger partial charge < -0.3 is 15.3 Å². The lowest BCUT2D eigenvalue weighted by Gasteiger charge is -2.20. The highest BCUT2D eigenvalue weighted by molar-refractivity contribution is 7.14. The lowest BCUT2D eigenvalue weighted by atomic mass is 10.2. The van der Waals surface area contributed by atoms with Gasteiger partial charge in [-0.25, -0.2) is 14.8 Å². The summed E-state index contributed by atoms with van der Waals surface area (Å²) in [6, 6.07) is 4.70. The van der Waals surface area contributed by atoms with Crippen LogP contribution in [0.4, 0.5) is 10.9 Å². The number of rotatable bonds is 4. The van der Waals surface area contributed by atoms with E-state index in [0.29, 0.717) is 30.3 Å². The number of carboxylic acid groups (broad SMARTS) is 1. The van der Waals surface area contributed by atoms with Crippen molar-refractivity contribution >= 4 is 34.2 Å². The van der Waals surface area contributed by atoms with E-state index in [4.69, 9.17) is 5.11 Å². The fraction of sp³-hybridized carbons (Fsp3) is 0.286. The van der Waals surface area contributed by atoms with Crippen molar-refractivity contribution in [1.29, 1.82) is 0 Å². The maximum Gasteiger partial charge on any atom is 0.326 e. The topological polar surface area (TPSA) is 95.4 Å². The second-order valence-corrected chi connectivity index (χ2v) is 5.73. The van der Waals surface area contributed by atoms with Gasteiger partial charge in [-0.1, -0.05) is 6.07 Å². The van der Waals surface area contributed by atoms with Crippen molar-refractivity contribution in [2.24, 2.45) is 0 Å². The normalized spacial score (nSPS) is 17.5. The van der Waals surface area contributed by atoms with Crippen LogP contribution in [0, 0.1) is 0 Å². The molecule has 1 fully saturated rings. The second kappa shape index (κ2) is 6.10. The number of nitrogens with zero attached hydrogens (tertiary/aromatic N) is 3. The van der Waals surface area contributed by atoms with Crippen LogP contribution in [0.25, 0.3) is 0 Å². The average Bonchev–Trinajstić information content (AvgIpc) is 3.16. The number of likely N-dealkylation sites (tertiary alicyclic amines) is 1. The van der Waals surface area contributed by atoms with Gasteiger partial charge >= 0.3 is 5.97 Å². The molecule has 3 heterocycles. The van der Waals surface area contributed by atoms with Gasteiger partial charge in [-0.3, -0.25) is 4.79 Å². The highest BCUT2D eigenvalue weighted by atomic mass is 32.1. The van der Waals surface area contributed by atoms with Crippen LogP contribution in [0.2, 0.25) is 0 Å². The Bertz CT molecular complexity index is 688. The Kier molecular flexibility index (Phi) is 4.01. The lowest BCUT2D eigenvalue weighted by molar-refractivity contribution is -0.141. The number of aliphatic carboxylic acids is 1.